The highest BCUT2D eigenvalue weighted by Gasteiger charge is 2.24. The maximum absolute atomic E-state index is 12.6. The van der Waals surface area contributed by atoms with Crippen LogP contribution in [0.25, 0.3) is 0 Å². The van der Waals surface area contributed by atoms with Crippen LogP contribution in [0, 0.1) is 0 Å². The number of hydrogen-bond donors (Lipinski definition) is 2. The molecule has 0 saturated heterocycles. The van der Waals surface area contributed by atoms with Crippen LogP contribution >= 0.6 is 0 Å². The van der Waals surface area contributed by atoms with Crippen molar-refractivity contribution in [3.8, 4) is 17.2 Å². The molecule has 2 aromatic rings. The highest BCUT2D eigenvalue weighted by molar-refractivity contribution is 7.89. The molecule has 0 saturated carbocycles. The van der Waals surface area contributed by atoms with E-state index in [1.807, 2.05) is 24.3 Å². The summed E-state index contributed by atoms with van der Waals surface area (Å²) in [5.41, 5.74) is 0.887. The molecule has 0 radical (unpaired) electrons. The van der Waals surface area contributed by atoms with Gasteiger partial charge in [-0.15, -0.1) is 0 Å². The predicted molar refractivity (Wildman–Crippen MR) is 105 cm³/mol. The Labute approximate surface area is 169 Å². The number of para-hydroxylation sites is 1. The van der Waals surface area contributed by atoms with Crippen LogP contribution in [0.1, 0.15) is 24.4 Å². The first-order valence-electron chi connectivity index (χ1n) is 9.43. The molecule has 4 rings (SSSR count). The summed E-state index contributed by atoms with van der Waals surface area (Å²) in [6.07, 6.45) is 1.35. The quantitative estimate of drug-likeness (QED) is 0.767. The molecule has 1 amide bonds. The minimum Gasteiger partial charge on any atom is -0.493 e. The Bertz CT molecular complexity index is 1010. The summed E-state index contributed by atoms with van der Waals surface area (Å²) in [6, 6.07) is 11.7. The average Bonchev–Trinajstić information content (AvgIpc) is 2.97. The summed E-state index contributed by atoms with van der Waals surface area (Å²) < 4.78 is 44.2. The fraction of sp³-hybridized carbons (Fsp3) is 0.350. The summed E-state index contributed by atoms with van der Waals surface area (Å²) in [5.74, 6) is 1.22. The number of carbonyl (C=O) groups is 1. The van der Waals surface area contributed by atoms with Gasteiger partial charge in [0.15, 0.2) is 11.5 Å². The minimum absolute atomic E-state index is 0.0194. The molecule has 1 atom stereocenters. The lowest BCUT2D eigenvalue weighted by Gasteiger charge is -2.26. The van der Waals surface area contributed by atoms with Gasteiger partial charge in [0.25, 0.3) is 0 Å². The molecular weight excluding hydrogens is 396 g/mol. The number of rotatable bonds is 5. The Balaban J connectivity index is 1.40. The number of sulfonamides is 1. The molecule has 2 heterocycles. The lowest BCUT2D eigenvalue weighted by atomic mass is 10.0. The highest BCUT2D eigenvalue weighted by atomic mass is 32.2. The smallest absolute Gasteiger partial charge is 0.241 e. The predicted octanol–water partition coefficient (Wildman–Crippen LogP) is 1.77. The van der Waals surface area contributed by atoms with Gasteiger partial charge in [-0.05, 0) is 18.2 Å². The molecule has 29 heavy (non-hydrogen) atoms. The van der Waals surface area contributed by atoms with E-state index >= 15 is 0 Å². The second-order valence-electron chi connectivity index (χ2n) is 6.78. The van der Waals surface area contributed by atoms with Crippen LogP contribution in [0.2, 0.25) is 0 Å². The summed E-state index contributed by atoms with van der Waals surface area (Å²) in [6.45, 7) is 1.10. The fourth-order valence-electron chi connectivity index (χ4n) is 3.29. The third-order valence-electron chi connectivity index (χ3n) is 4.75. The molecule has 8 nitrogen and oxygen atoms in total. The van der Waals surface area contributed by atoms with Crippen molar-refractivity contribution in [3.63, 3.8) is 0 Å². The third kappa shape index (κ3) is 4.46. The lowest BCUT2D eigenvalue weighted by molar-refractivity contribution is -0.120. The van der Waals surface area contributed by atoms with Gasteiger partial charge in [0.2, 0.25) is 15.9 Å². The first-order valence-corrected chi connectivity index (χ1v) is 10.9. The van der Waals surface area contributed by atoms with Crippen LogP contribution in [0.15, 0.2) is 47.4 Å². The Morgan fingerprint density at radius 3 is 2.59 bits per heavy atom. The van der Waals surface area contributed by atoms with E-state index in [1.165, 1.54) is 12.1 Å². The van der Waals surface area contributed by atoms with Gasteiger partial charge in [-0.1, -0.05) is 18.2 Å². The molecule has 1 unspecified atom stereocenters. The second kappa shape index (κ2) is 8.30. The van der Waals surface area contributed by atoms with Crippen molar-refractivity contribution in [1.82, 2.24) is 10.0 Å². The summed E-state index contributed by atoms with van der Waals surface area (Å²) in [4.78, 5) is 12.4. The van der Waals surface area contributed by atoms with Crippen molar-refractivity contribution < 1.29 is 27.4 Å². The zero-order valence-electron chi connectivity index (χ0n) is 15.7. The first-order chi connectivity index (χ1) is 14.0. The third-order valence-corrected chi connectivity index (χ3v) is 6.14. The molecule has 9 heteroatoms. The number of ether oxygens (including phenoxy) is 3. The molecule has 2 aliphatic heterocycles. The van der Waals surface area contributed by atoms with Gasteiger partial charge >= 0.3 is 0 Å². The standard InChI is InChI=1S/C20H22N2O6S/c23-20(22-16-8-11-28-17-5-2-1-4-15(16)17)13-21-29(24,25)14-6-7-18-19(12-14)27-10-3-9-26-18/h1-2,4-7,12,16,21H,3,8-11,13H2,(H,22,23). The Hall–Kier alpha value is -2.78. The Morgan fingerprint density at radius 1 is 0.966 bits per heavy atom. The van der Waals surface area contributed by atoms with E-state index in [2.05, 4.69) is 10.0 Å². The molecule has 0 spiro atoms. The van der Waals surface area contributed by atoms with E-state index in [4.69, 9.17) is 14.2 Å². The summed E-state index contributed by atoms with van der Waals surface area (Å²) >= 11 is 0. The van der Waals surface area contributed by atoms with Crippen molar-refractivity contribution in [1.29, 1.82) is 0 Å². The molecule has 154 valence electrons. The monoisotopic (exact) mass is 418 g/mol. The van der Waals surface area contributed by atoms with E-state index in [-0.39, 0.29) is 17.5 Å². The second-order valence-corrected chi connectivity index (χ2v) is 8.55. The molecular formula is C20H22N2O6S. The van der Waals surface area contributed by atoms with Gasteiger partial charge in [0.05, 0.1) is 37.3 Å². The Kier molecular flexibility index (Phi) is 5.59. The summed E-state index contributed by atoms with van der Waals surface area (Å²) in [5, 5.41) is 2.87. The molecule has 2 aliphatic rings. The average molecular weight is 418 g/mol. The van der Waals surface area contributed by atoms with Gasteiger partial charge in [-0.3, -0.25) is 4.79 Å². The van der Waals surface area contributed by atoms with Crippen LogP contribution in [-0.2, 0) is 14.8 Å². The van der Waals surface area contributed by atoms with Crippen molar-refractivity contribution in [2.45, 2.75) is 23.8 Å². The van der Waals surface area contributed by atoms with Crippen LogP contribution in [-0.4, -0.2) is 40.7 Å². The maximum atomic E-state index is 12.6. The van der Waals surface area contributed by atoms with Gasteiger partial charge in [0, 0.05) is 24.5 Å². The summed E-state index contributed by atoms with van der Waals surface area (Å²) in [7, 11) is -3.87. The Morgan fingerprint density at radius 2 is 1.72 bits per heavy atom. The van der Waals surface area contributed by atoms with Crippen molar-refractivity contribution in [2.24, 2.45) is 0 Å². The minimum atomic E-state index is -3.87. The van der Waals surface area contributed by atoms with Crippen molar-refractivity contribution >= 4 is 15.9 Å². The van der Waals surface area contributed by atoms with E-state index in [9.17, 15) is 13.2 Å². The van der Waals surface area contributed by atoms with Gasteiger partial charge in [-0.25, -0.2) is 13.1 Å². The van der Waals surface area contributed by atoms with Crippen LogP contribution < -0.4 is 24.2 Å². The molecule has 0 aliphatic carbocycles. The zero-order chi connectivity index (χ0) is 20.3. The molecule has 0 bridgehead atoms. The fourth-order valence-corrected chi connectivity index (χ4v) is 4.29. The van der Waals surface area contributed by atoms with E-state index in [0.29, 0.717) is 37.7 Å². The molecule has 2 N–H and O–H groups in total. The first kappa shape index (κ1) is 19.5. The normalized spacial score (nSPS) is 18.1. The van der Waals surface area contributed by atoms with E-state index < -0.39 is 15.9 Å². The SMILES string of the molecule is O=C(CNS(=O)(=O)c1ccc2c(c1)OCCCO2)NC1CCOc2ccccc21. The molecule has 2 aromatic carbocycles. The number of benzene rings is 2. The van der Waals surface area contributed by atoms with Crippen LogP contribution in [0.4, 0.5) is 0 Å². The number of fused-ring (bicyclic) bond motifs is 2. The van der Waals surface area contributed by atoms with Gasteiger partial charge in [0.1, 0.15) is 5.75 Å². The van der Waals surface area contributed by atoms with E-state index in [1.54, 1.807) is 6.07 Å². The van der Waals surface area contributed by atoms with Gasteiger partial charge < -0.3 is 19.5 Å². The van der Waals surface area contributed by atoms with E-state index in [0.717, 1.165) is 17.7 Å². The molecule has 0 aromatic heterocycles. The van der Waals surface area contributed by atoms with Gasteiger partial charge in [-0.2, -0.15) is 0 Å². The van der Waals surface area contributed by atoms with Crippen LogP contribution in [0.5, 0.6) is 17.2 Å². The largest absolute Gasteiger partial charge is 0.493 e. The molecule has 0 fully saturated rings. The number of nitrogens with one attached hydrogen (secondary N) is 2. The number of hydrogen-bond acceptors (Lipinski definition) is 6. The maximum Gasteiger partial charge on any atom is 0.241 e. The van der Waals surface area contributed by atoms with Crippen molar-refractivity contribution in [3.05, 3.63) is 48.0 Å². The van der Waals surface area contributed by atoms with Crippen LogP contribution in [0.3, 0.4) is 0 Å². The lowest BCUT2D eigenvalue weighted by Crippen LogP contribution is -2.39. The van der Waals surface area contributed by atoms with Crippen molar-refractivity contribution in [2.75, 3.05) is 26.4 Å². The zero-order valence-corrected chi connectivity index (χ0v) is 16.5. The number of carbonyl (C=O) groups excluding carboxylic acids is 1. The highest BCUT2D eigenvalue weighted by Crippen LogP contribution is 2.32. The number of amides is 1. The topological polar surface area (TPSA) is 103 Å².